The van der Waals surface area contributed by atoms with Gasteiger partial charge < -0.3 is 9.84 Å². The zero-order valence-corrected chi connectivity index (χ0v) is 11.8. The molecule has 0 aliphatic heterocycles. The average molecular weight is 287 g/mol. The molecule has 0 bridgehead atoms. The van der Waals surface area contributed by atoms with Crippen molar-refractivity contribution in [1.29, 1.82) is 0 Å². The first-order chi connectivity index (χ1) is 8.78. The summed E-state index contributed by atoms with van der Waals surface area (Å²) < 4.78 is 29.9. The minimum atomic E-state index is -3.85. The second-order valence-corrected chi connectivity index (χ2v) is 6.49. The Kier molecular flexibility index (Phi) is 4.90. The molecule has 1 rings (SSSR count). The number of rotatable bonds is 6. The Labute approximate surface area is 112 Å². The zero-order valence-electron chi connectivity index (χ0n) is 11.0. The Morgan fingerprint density at radius 2 is 1.89 bits per heavy atom. The molecular weight excluding hydrogens is 270 g/mol. The molecule has 6 nitrogen and oxygen atoms in total. The van der Waals surface area contributed by atoms with Gasteiger partial charge in [0.2, 0.25) is 10.0 Å². The Balaban J connectivity index is 2.83. The van der Waals surface area contributed by atoms with Crippen molar-refractivity contribution in [3.05, 3.63) is 29.8 Å². The van der Waals surface area contributed by atoms with Crippen LogP contribution >= 0.6 is 0 Å². The molecule has 0 saturated heterocycles. The highest BCUT2D eigenvalue weighted by Crippen LogP contribution is 2.15. The summed E-state index contributed by atoms with van der Waals surface area (Å²) in [6.07, 6.45) is 0. The third-order valence-corrected chi connectivity index (χ3v) is 4.89. The smallest absolute Gasteiger partial charge is 0.323 e. The van der Waals surface area contributed by atoms with E-state index in [2.05, 4.69) is 0 Å². The van der Waals surface area contributed by atoms with Crippen LogP contribution < -0.4 is 4.74 Å². The maximum absolute atomic E-state index is 11.9. The van der Waals surface area contributed by atoms with E-state index in [1.54, 1.807) is 31.4 Å². The first kappa shape index (κ1) is 15.5. The molecule has 1 aromatic rings. The predicted molar refractivity (Wildman–Crippen MR) is 70.5 cm³/mol. The maximum atomic E-state index is 11.9. The summed E-state index contributed by atoms with van der Waals surface area (Å²) in [6, 6.07) is 6.90. The van der Waals surface area contributed by atoms with Gasteiger partial charge in [0.15, 0.2) is 5.25 Å². The van der Waals surface area contributed by atoms with Gasteiger partial charge in [0.05, 0.1) is 7.11 Å². The van der Waals surface area contributed by atoms with E-state index in [9.17, 15) is 13.2 Å². The van der Waals surface area contributed by atoms with E-state index in [0.717, 1.165) is 16.8 Å². The summed E-state index contributed by atoms with van der Waals surface area (Å²) in [5, 5.41) is 7.32. The average Bonchev–Trinajstić information content (AvgIpc) is 2.38. The number of nitrogens with zero attached hydrogens (tertiary/aromatic N) is 1. The van der Waals surface area contributed by atoms with Gasteiger partial charge in [0.1, 0.15) is 5.75 Å². The van der Waals surface area contributed by atoms with Gasteiger partial charge in [-0.2, -0.15) is 4.31 Å². The number of carboxylic acids is 1. The molecule has 7 heteroatoms. The summed E-state index contributed by atoms with van der Waals surface area (Å²) in [7, 11) is -0.948. The summed E-state index contributed by atoms with van der Waals surface area (Å²) in [5.41, 5.74) is 0.754. The second-order valence-electron chi connectivity index (χ2n) is 4.13. The predicted octanol–water partition coefficient (Wildman–Crippen LogP) is 0.930. The summed E-state index contributed by atoms with van der Waals surface area (Å²) in [4.78, 5) is 10.8. The number of methoxy groups -OCH3 is 1. The van der Waals surface area contributed by atoms with Crippen LogP contribution in [0.25, 0.3) is 0 Å². The lowest BCUT2D eigenvalue weighted by Crippen LogP contribution is -2.38. The van der Waals surface area contributed by atoms with Crippen LogP contribution in [0.3, 0.4) is 0 Å². The molecule has 1 unspecified atom stereocenters. The van der Waals surface area contributed by atoms with Crippen LogP contribution in [0.5, 0.6) is 5.75 Å². The van der Waals surface area contributed by atoms with Gasteiger partial charge in [-0.05, 0) is 24.6 Å². The van der Waals surface area contributed by atoms with Gasteiger partial charge in [-0.15, -0.1) is 0 Å². The van der Waals surface area contributed by atoms with Crippen LogP contribution in [0.2, 0.25) is 0 Å². The molecule has 0 radical (unpaired) electrons. The van der Waals surface area contributed by atoms with E-state index in [-0.39, 0.29) is 6.54 Å². The highest BCUT2D eigenvalue weighted by atomic mass is 32.2. The van der Waals surface area contributed by atoms with E-state index < -0.39 is 21.2 Å². The Morgan fingerprint density at radius 1 is 1.37 bits per heavy atom. The van der Waals surface area contributed by atoms with Crippen LogP contribution in [-0.4, -0.2) is 43.2 Å². The molecule has 0 saturated carbocycles. The second kappa shape index (κ2) is 6.03. The van der Waals surface area contributed by atoms with Gasteiger partial charge >= 0.3 is 5.97 Å². The molecular formula is C12H17NO5S. The van der Waals surface area contributed by atoms with Crippen LogP contribution in [0.15, 0.2) is 24.3 Å². The minimum absolute atomic E-state index is 0.115. The van der Waals surface area contributed by atoms with Crippen LogP contribution in [0.4, 0.5) is 0 Å². The molecule has 1 atom stereocenters. The first-order valence-corrected chi connectivity index (χ1v) is 7.10. The van der Waals surface area contributed by atoms with Crippen LogP contribution in [-0.2, 0) is 21.4 Å². The number of hydrogen-bond acceptors (Lipinski definition) is 4. The fourth-order valence-electron chi connectivity index (χ4n) is 1.48. The number of aliphatic carboxylic acids is 1. The van der Waals surface area contributed by atoms with E-state index in [1.165, 1.54) is 7.05 Å². The summed E-state index contributed by atoms with van der Waals surface area (Å²) >= 11 is 0. The number of sulfonamides is 1. The van der Waals surface area contributed by atoms with Gasteiger partial charge in [0, 0.05) is 13.6 Å². The van der Waals surface area contributed by atoms with Gasteiger partial charge in [0.25, 0.3) is 0 Å². The molecule has 0 heterocycles. The molecule has 0 spiro atoms. The number of carboxylic acid groups (broad SMARTS) is 1. The fraction of sp³-hybridized carbons (Fsp3) is 0.417. The first-order valence-electron chi connectivity index (χ1n) is 5.60. The molecule has 1 aromatic carbocycles. The van der Waals surface area contributed by atoms with Crippen molar-refractivity contribution in [1.82, 2.24) is 4.31 Å². The van der Waals surface area contributed by atoms with Gasteiger partial charge in [-0.25, -0.2) is 8.42 Å². The van der Waals surface area contributed by atoms with Gasteiger partial charge in [-0.1, -0.05) is 12.1 Å². The third-order valence-electron chi connectivity index (χ3n) is 2.79. The lowest BCUT2D eigenvalue weighted by molar-refractivity contribution is -0.136. The lowest BCUT2D eigenvalue weighted by atomic mass is 10.2. The molecule has 0 aliphatic rings. The van der Waals surface area contributed by atoms with Crippen molar-refractivity contribution in [2.75, 3.05) is 14.2 Å². The topological polar surface area (TPSA) is 83.9 Å². The van der Waals surface area contributed by atoms with Crippen molar-refractivity contribution in [3.8, 4) is 5.75 Å². The van der Waals surface area contributed by atoms with E-state index >= 15 is 0 Å². The number of hydrogen-bond donors (Lipinski definition) is 1. The Morgan fingerprint density at radius 3 is 2.32 bits per heavy atom. The lowest BCUT2D eigenvalue weighted by Gasteiger charge is -2.19. The minimum Gasteiger partial charge on any atom is -0.497 e. The summed E-state index contributed by atoms with van der Waals surface area (Å²) in [5.74, 6) is -0.685. The molecule has 1 N–H and O–H groups in total. The molecule has 0 aromatic heterocycles. The molecule has 106 valence electrons. The third kappa shape index (κ3) is 3.68. The maximum Gasteiger partial charge on any atom is 0.323 e. The highest BCUT2D eigenvalue weighted by Gasteiger charge is 2.31. The number of carbonyl (C=O) groups is 1. The monoisotopic (exact) mass is 287 g/mol. The van der Waals surface area contributed by atoms with Crippen LogP contribution in [0, 0.1) is 0 Å². The van der Waals surface area contributed by atoms with Crippen molar-refractivity contribution in [2.24, 2.45) is 0 Å². The van der Waals surface area contributed by atoms with Crippen molar-refractivity contribution in [2.45, 2.75) is 18.7 Å². The number of benzene rings is 1. The highest BCUT2D eigenvalue weighted by molar-refractivity contribution is 7.90. The van der Waals surface area contributed by atoms with Gasteiger partial charge in [-0.3, -0.25) is 4.79 Å². The molecule has 0 fully saturated rings. The van der Waals surface area contributed by atoms with Crippen LogP contribution in [0.1, 0.15) is 12.5 Å². The Hall–Kier alpha value is -1.60. The molecule has 0 amide bonds. The zero-order chi connectivity index (χ0) is 14.6. The Bertz CT molecular complexity index is 538. The molecule has 0 aliphatic carbocycles. The molecule has 19 heavy (non-hydrogen) atoms. The van der Waals surface area contributed by atoms with Crippen molar-refractivity contribution < 1.29 is 23.1 Å². The number of ether oxygens (including phenoxy) is 1. The van der Waals surface area contributed by atoms with Crippen molar-refractivity contribution >= 4 is 16.0 Å². The standard InChI is InChI=1S/C12H17NO5S/c1-9(12(14)15)19(16,17)13(2)8-10-4-6-11(18-3)7-5-10/h4-7,9H,8H2,1-3H3,(H,14,15). The quantitative estimate of drug-likeness (QED) is 0.841. The SMILES string of the molecule is COc1ccc(CN(C)S(=O)(=O)C(C)C(=O)O)cc1. The normalized spacial score (nSPS) is 13.3. The van der Waals surface area contributed by atoms with Crippen molar-refractivity contribution in [3.63, 3.8) is 0 Å². The fourth-order valence-corrected chi connectivity index (χ4v) is 2.60. The van der Waals surface area contributed by atoms with E-state index in [1.807, 2.05) is 0 Å². The van der Waals surface area contributed by atoms with E-state index in [4.69, 9.17) is 9.84 Å². The van der Waals surface area contributed by atoms with E-state index in [0.29, 0.717) is 5.75 Å². The largest absolute Gasteiger partial charge is 0.497 e. The summed E-state index contributed by atoms with van der Waals surface area (Å²) in [6.45, 7) is 1.27.